The lowest BCUT2D eigenvalue weighted by Crippen LogP contribution is -2.47. The highest BCUT2D eigenvalue weighted by molar-refractivity contribution is 5.82. The summed E-state index contributed by atoms with van der Waals surface area (Å²) in [6.07, 6.45) is 13.9. The van der Waals surface area contributed by atoms with E-state index in [4.69, 9.17) is 0 Å². The molecule has 0 radical (unpaired) electrons. The molecule has 0 spiro atoms. The number of benzene rings is 1. The molecule has 4 aliphatic rings. The largest absolute Gasteiger partial charge is 0.273 e. The molecule has 1 heterocycles. The Balaban J connectivity index is 1.18. The molecule has 2 aromatic rings. The lowest BCUT2D eigenvalue weighted by atomic mass is 9.49. The molecular formula is C22H26N4O. The third-order valence-corrected chi connectivity index (χ3v) is 6.73. The van der Waals surface area contributed by atoms with Crippen LogP contribution in [0.4, 0.5) is 0 Å². The minimum Gasteiger partial charge on any atom is -0.273 e. The van der Waals surface area contributed by atoms with E-state index >= 15 is 0 Å². The number of rotatable bonds is 5. The maximum Gasteiger partial charge on any atom is 0.240 e. The third-order valence-electron chi connectivity index (χ3n) is 6.73. The molecule has 0 unspecified atom stereocenters. The van der Waals surface area contributed by atoms with Gasteiger partial charge in [-0.1, -0.05) is 18.2 Å². The van der Waals surface area contributed by atoms with Gasteiger partial charge in [0, 0.05) is 18.2 Å². The Morgan fingerprint density at radius 2 is 1.81 bits per heavy atom. The van der Waals surface area contributed by atoms with Gasteiger partial charge in [0.25, 0.3) is 0 Å². The van der Waals surface area contributed by atoms with Crippen molar-refractivity contribution in [1.82, 2.24) is 15.2 Å². The number of hydrogen-bond donors (Lipinski definition) is 1. The fraction of sp³-hybridized carbons (Fsp3) is 0.500. The number of nitrogens with one attached hydrogen (secondary N) is 1. The maximum atomic E-state index is 12.5. The lowest BCUT2D eigenvalue weighted by Gasteiger charge is -2.56. The monoisotopic (exact) mass is 362 g/mol. The molecule has 27 heavy (non-hydrogen) atoms. The van der Waals surface area contributed by atoms with Crippen LogP contribution in [0.3, 0.4) is 0 Å². The van der Waals surface area contributed by atoms with Crippen molar-refractivity contribution in [3.8, 4) is 5.69 Å². The van der Waals surface area contributed by atoms with Crippen LogP contribution in [0, 0.1) is 23.2 Å². The maximum absolute atomic E-state index is 12.5. The van der Waals surface area contributed by atoms with Gasteiger partial charge in [0.05, 0.1) is 18.1 Å². The third kappa shape index (κ3) is 3.43. The van der Waals surface area contributed by atoms with Gasteiger partial charge in [0.2, 0.25) is 5.91 Å². The van der Waals surface area contributed by atoms with E-state index in [1.165, 1.54) is 38.5 Å². The van der Waals surface area contributed by atoms with Crippen molar-refractivity contribution < 1.29 is 4.79 Å². The Labute approximate surface area is 159 Å². The van der Waals surface area contributed by atoms with Gasteiger partial charge in [-0.05, 0) is 73.8 Å². The van der Waals surface area contributed by atoms with Crippen LogP contribution in [-0.4, -0.2) is 21.9 Å². The number of para-hydroxylation sites is 1. The number of aromatic nitrogens is 2. The first-order chi connectivity index (χ1) is 13.2. The summed E-state index contributed by atoms with van der Waals surface area (Å²) in [6.45, 7) is 0. The van der Waals surface area contributed by atoms with Crippen molar-refractivity contribution in [1.29, 1.82) is 0 Å². The summed E-state index contributed by atoms with van der Waals surface area (Å²) < 4.78 is 1.80. The summed E-state index contributed by atoms with van der Waals surface area (Å²) in [6, 6.07) is 9.95. The highest BCUT2D eigenvalue weighted by Gasteiger charge is 2.51. The lowest BCUT2D eigenvalue weighted by molar-refractivity contribution is -0.129. The molecule has 0 atom stereocenters. The van der Waals surface area contributed by atoms with Crippen LogP contribution in [0.2, 0.25) is 0 Å². The van der Waals surface area contributed by atoms with Gasteiger partial charge in [-0.15, -0.1) is 0 Å². The van der Waals surface area contributed by atoms with Crippen LogP contribution in [0.25, 0.3) is 5.69 Å². The van der Waals surface area contributed by atoms with Crippen molar-refractivity contribution in [2.75, 3.05) is 0 Å². The molecule has 1 amide bonds. The first kappa shape index (κ1) is 16.7. The predicted molar refractivity (Wildman–Crippen MR) is 105 cm³/mol. The molecule has 6 rings (SSSR count). The molecule has 1 N–H and O–H groups in total. The zero-order chi connectivity index (χ0) is 18.3. The van der Waals surface area contributed by atoms with Crippen LogP contribution < -0.4 is 5.43 Å². The average molecular weight is 362 g/mol. The van der Waals surface area contributed by atoms with Crippen LogP contribution >= 0.6 is 0 Å². The van der Waals surface area contributed by atoms with Crippen molar-refractivity contribution in [3.05, 3.63) is 48.3 Å². The Morgan fingerprint density at radius 1 is 1.15 bits per heavy atom. The number of hydrazone groups is 1. The second kappa shape index (κ2) is 6.63. The Bertz CT molecular complexity index is 819. The van der Waals surface area contributed by atoms with Gasteiger partial charge in [0.1, 0.15) is 0 Å². The molecule has 5 heteroatoms. The number of hydrogen-bond acceptors (Lipinski definition) is 3. The van der Waals surface area contributed by atoms with E-state index in [0.717, 1.165) is 29.0 Å². The van der Waals surface area contributed by atoms with Crippen molar-refractivity contribution in [3.63, 3.8) is 0 Å². The van der Waals surface area contributed by atoms with Gasteiger partial charge < -0.3 is 0 Å². The van der Waals surface area contributed by atoms with E-state index < -0.39 is 0 Å². The summed E-state index contributed by atoms with van der Waals surface area (Å²) in [5.74, 6) is 2.67. The number of carbonyl (C=O) groups excluding carboxylic acids is 1. The fourth-order valence-electron chi connectivity index (χ4n) is 6.19. The second-order valence-electron chi connectivity index (χ2n) is 8.94. The van der Waals surface area contributed by atoms with Gasteiger partial charge in [-0.25, -0.2) is 10.1 Å². The molecule has 1 aromatic heterocycles. The first-order valence-corrected chi connectivity index (χ1v) is 10.1. The Kier molecular flexibility index (Phi) is 4.10. The summed E-state index contributed by atoms with van der Waals surface area (Å²) in [4.78, 5) is 12.5. The molecule has 4 saturated carbocycles. The quantitative estimate of drug-likeness (QED) is 0.647. The van der Waals surface area contributed by atoms with Crippen molar-refractivity contribution in [2.45, 2.75) is 44.9 Å². The van der Waals surface area contributed by atoms with E-state index in [1.54, 1.807) is 17.1 Å². The standard InChI is InChI=1S/C22H26N4O/c27-21(12-22-9-16-6-17(10-22)8-18(7-16)11-22)25-23-13-19-14-24-26(15-19)20-4-2-1-3-5-20/h1-5,13-18H,6-12H2,(H,25,27)/b23-13-. The minimum absolute atomic E-state index is 0.0589. The molecule has 0 aliphatic heterocycles. The summed E-state index contributed by atoms with van der Waals surface area (Å²) in [7, 11) is 0. The highest BCUT2D eigenvalue weighted by atomic mass is 16.2. The number of amides is 1. The smallest absolute Gasteiger partial charge is 0.240 e. The highest BCUT2D eigenvalue weighted by Crippen LogP contribution is 2.61. The fourth-order valence-corrected chi connectivity index (χ4v) is 6.19. The molecule has 4 fully saturated rings. The summed E-state index contributed by atoms with van der Waals surface area (Å²) in [5, 5.41) is 8.51. The van der Waals surface area contributed by atoms with Gasteiger partial charge in [0.15, 0.2) is 0 Å². The van der Waals surface area contributed by atoms with Gasteiger partial charge >= 0.3 is 0 Å². The Hall–Kier alpha value is -2.43. The predicted octanol–water partition coefficient (Wildman–Crippen LogP) is 3.93. The molecule has 0 saturated heterocycles. The normalized spacial score (nSPS) is 31.5. The van der Waals surface area contributed by atoms with E-state index in [1.807, 2.05) is 36.5 Å². The zero-order valence-corrected chi connectivity index (χ0v) is 15.6. The molecule has 1 aromatic carbocycles. The van der Waals surface area contributed by atoms with Crippen LogP contribution in [0.5, 0.6) is 0 Å². The van der Waals surface area contributed by atoms with Crippen LogP contribution in [0.15, 0.2) is 47.8 Å². The molecular weight excluding hydrogens is 336 g/mol. The zero-order valence-electron chi connectivity index (χ0n) is 15.6. The Morgan fingerprint density at radius 3 is 2.48 bits per heavy atom. The van der Waals surface area contributed by atoms with E-state index in [9.17, 15) is 4.79 Å². The summed E-state index contributed by atoms with van der Waals surface area (Å²) >= 11 is 0. The van der Waals surface area contributed by atoms with Crippen molar-refractivity contribution >= 4 is 12.1 Å². The second-order valence-corrected chi connectivity index (χ2v) is 8.94. The van der Waals surface area contributed by atoms with E-state index in [0.29, 0.717) is 6.42 Å². The van der Waals surface area contributed by atoms with Crippen LogP contribution in [0.1, 0.15) is 50.5 Å². The minimum atomic E-state index is 0.0589. The SMILES string of the molecule is O=C(CC12CC3CC(CC(C3)C1)C2)N/N=C\c1cnn(-c2ccccc2)c1. The number of nitrogens with zero attached hydrogens (tertiary/aromatic N) is 3. The molecule has 5 nitrogen and oxygen atoms in total. The molecule has 140 valence electrons. The van der Waals surface area contributed by atoms with Gasteiger partial charge in [-0.2, -0.15) is 10.2 Å². The first-order valence-electron chi connectivity index (χ1n) is 10.1. The van der Waals surface area contributed by atoms with Crippen LogP contribution in [-0.2, 0) is 4.79 Å². The van der Waals surface area contributed by atoms with E-state index in [2.05, 4.69) is 15.6 Å². The molecule has 4 bridgehead atoms. The summed E-state index contributed by atoms with van der Waals surface area (Å²) in [5.41, 5.74) is 4.88. The number of carbonyl (C=O) groups is 1. The van der Waals surface area contributed by atoms with Gasteiger partial charge in [-0.3, -0.25) is 4.79 Å². The molecule has 4 aliphatic carbocycles. The topological polar surface area (TPSA) is 59.3 Å². The van der Waals surface area contributed by atoms with E-state index in [-0.39, 0.29) is 11.3 Å². The van der Waals surface area contributed by atoms with Crippen molar-refractivity contribution in [2.24, 2.45) is 28.3 Å². The average Bonchev–Trinajstić information content (AvgIpc) is 3.10.